The van der Waals surface area contributed by atoms with Crippen LogP contribution < -0.4 is 10.2 Å². The first-order valence-corrected chi connectivity index (χ1v) is 9.02. The van der Waals surface area contributed by atoms with Crippen molar-refractivity contribution in [3.05, 3.63) is 30.3 Å². The zero-order chi connectivity index (χ0) is 18.8. The van der Waals surface area contributed by atoms with Crippen LogP contribution in [0, 0.1) is 16.7 Å². The molecule has 2 aliphatic rings. The van der Waals surface area contributed by atoms with Gasteiger partial charge in [0, 0.05) is 11.1 Å². The van der Waals surface area contributed by atoms with Crippen LogP contribution in [0.15, 0.2) is 35.4 Å². The quantitative estimate of drug-likeness (QED) is 0.626. The van der Waals surface area contributed by atoms with Crippen molar-refractivity contribution in [2.75, 3.05) is 13.2 Å². The SMILES string of the molecule is CC12CCC(C/C1=N/NC(=O)COC(=O)COc1ccccc1)C2(C)C. The second kappa shape index (κ2) is 7.09. The largest absolute Gasteiger partial charge is 0.482 e. The van der Waals surface area contributed by atoms with E-state index in [1.165, 1.54) is 6.42 Å². The number of esters is 1. The lowest BCUT2D eigenvalue weighted by Crippen LogP contribution is -2.35. The standard InChI is InChI=1S/C20H26N2O4/c1-19(2)14-9-10-20(19,3)16(11-14)21-22-17(23)12-26-18(24)13-25-15-7-5-4-6-8-15/h4-8,14H,9-13H2,1-3H3,(H,22,23)/b21-16-. The molecule has 0 radical (unpaired) electrons. The number of carbonyl (C=O) groups excluding carboxylic acids is 2. The summed E-state index contributed by atoms with van der Waals surface area (Å²) in [7, 11) is 0. The van der Waals surface area contributed by atoms with Crippen LogP contribution >= 0.6 is 0 Å². The summed E-state index contributed by atoms with van der Waals surface area (Å²) in [6.45, 7) is 6.19. The third-order valence-corrected chi connectivity index (χ3v) is 6.29. The number of rotatable bonds is 6. The van der Waals surface area contributed by atoms with E-state index in [4.69, 9.17) is 9.47 Å². The first-order chi connectivity index (χ1) is 12.3. The summed E-state index contributed by atoms with van der Waals surface area (Å²) in [5.41, 5.74) is 3.82. The number of fused-ring (bicyclic) bond motifs is 2. The van der Waals surface area contributed by atoms with Gasteiger partial charge in [0.2, 0.25) is 0 Å². The molecule has 26 heavy (non-hydrogen) atoms. The van der Waals surface area contributed by atoms with Gasteiger partial charge in [0.05, 0.1) is 0 Å². The predicted molar refractivity (Wildman–Crippen MR) is 97.7 cm³/mol. The van der Waals surface area contributed by atoms with E-state index in [2.05, 4.69) is 31.3 Å². The molecule has 2 saturated carbocycles. The van der Waals surface area contributed by atoms with Gasteiger partial charge in [-0.05, 0) is 42.7 Å². The molecule has 140 valence electrons. The maximum Gasteiger partial charge on any atom is 0.344 e. The third-order valence-electron chi connectivity index (χ3n) is 6.29. The van der Waals surface area contributed by atoms with Crippen LogP contribution in [0.5, 0.6) is 5.75 Å². The highest BCUT2D eigenvalue weighted by Gasteiger charge is 2.59. The lowest BCUT2D eigenvalue weighted by atomic mass is 9.70. The molecule has 0 spiro atoms. The minimum Gasteiger partial charge on any atom is -0.482 e. The Hall–Kier alpha value is -2.37. The molecule has 1 aromatic carbocycles. The maximum absolute atomic E-state index is 11.9. The van der Waals surface area contributed by atoms with Gasteiger partial charge in [-0.25, -0.2) is 10.2 Å². The molecule has 1 aromatic rings. The maximum atomic E-state index is 11.9. The summed E-state index contributed by atoms with van der Waals surface area (Å²) in [4.78, 5) is 23.6. The Morgan fingerprint density at radius 2 is 1.92 bits per heavy atom. The fraction of sp³-hybridized carbons (Fsp3) is 0.550. The molecule has 6 nitrogen and oxygen atoms in total. The molecule has 0 aliphatic heterocycles. The van der Waals surface area contributed by atoms with Crippen LogP contribution in [-0.2, 0) is 14.3 Å². The molecule has 0 heterocycles. The van der Waals surface area contributed by atoms with Crippen molar-refractivity contribution in [3.63, 3.8) is 0 Å². The average Bonchev–Trinajstić information content (AvgIpc) is 2.97. The Morgan fingerprint density at radius 3 is 2.54 bits per heavy atom. The highest BCUT2D eigenvalue weighted by molar-refractivity contribution is 5.95. The average molecular weight is 358 g/mol. The summed E-state index contributed by atoms with van der Waals surface area (Å²) in [5.74, 6) is 0.169. The molecule has 6 heteroatoms. The van der Waals surface area contributed by atoms with E-state index >= 15 is 0 Å². The van der Waals surface area contributed by atoms with Gasteiger partial charge >= 0.3 is 5.97 Å². The summed E-state index contributed by atoms with van der Waals surface area (Å²) >= 11 is 0. The predicted octanol–water partition coefficient (Wildman–Crippen LogP) is 2.93. The van der Waals surface area contributed by atoms with Gasteiger partial charge in [-0.15, -0.1) is 0 Å². The number of nitrogens with zero attached hydrogens (tertiary/aromatic N) is 1. The van der Waals surface area contributed by atoms with Crippen molar-refractivity contribution < 1.29 is 19.1 Å². The third kappa shape index (κ3) is 3.45. The smallest absolute Gasteiger partial charge is 0.344 e. The molecule has 3 rings (SSSR count). The Labute approximate surface area is 153 Å². The van der Waals surface area contributed by atoms with E-state index in [-0.39, 0.29) is 24.0 Å². The number of hydrazone groups is 1. The molecule has 2 aliphatic carbocycles. The van der Waals surface area contributed by atoms with E-state index in [0.29, 0.717) is 11.7 Å². The number of para-hydroxylation sites is 1. The van der Waals surface area contributed by atoms with Crippen LogP contribution in [0.3, 0.4) is 0 Å². The zero-order valence-corrected chi connectivity index (χ0v) is 15.6. The van der Waals surface area contributed by atoms with Crippen LogP contribution in [-0.4, -0.2) is 30.8 Å². The van der Waals surface area contributed by atoms with Gasteiger partial charge in [-0.2, -0.15) is 5.10 Å². The number of hydrogen-bond acceptors (Lipinski definition) is 5. The fourth-order valence-electron chi connectivity index (χ4n) is 4.11. The van der Waals surface area contributed by atoms with Crippen molar-refractivity contribution in [1.29, 1.82) is 0 Å². The van der Waals surface area contributed by atoms with Gasteiger partial charge in [-0.1, -0.05) is 39.0 Å². The van der Waals surface area contributed by atoms with Crippen LogP contribution in [0.2, 0.25) is 0 Å². The minimum absolute atomic E-state index is 0.0329. The van der Waals surface area contributed by atoms with Gasteiger partial charge in [0.25, 0.3) is 5.91 Å². The molecule has 2 bridgehead atoms. The van der Waals surface area contributed by atoms with Gasteiger partial charge in [0.15, 0.2) is 13.2 Å². The number of benzene rings is 1. The number of nitrogens with one attached hydrogen (secondary N) is 1. The lowest BCUT2D eigenvalue weighted by molar-refractivity contribution is -0.150. The number of carbonyl (C=O) groups is 2. The number of hydrogen-bond donors (Lipinski definition) is 1. The lowest BCUT2D eigenvalue weighted by Gasteiger charge is -2.34. The molecule has 2 fully saturated rings. The minimum atomic E-state index is -0.593. The van der Waals surface area contributed by atoms with E-state index < -0.39 is 11.9 Å². The van der Waals surface area contributed by atoms with Crippen molar-refractivity contribution >= 4 is 17.6 Å². The first kappa shape index (κ1) is 18.4. The van der Waals surface area contributed by atoms with E-state index in [9.17, 15) is 9.59 Å². The molecular formula is C20H26N2O4. The Kier molecular flexibility index (Phi) is 5.03. The van der Waals surface area contributed by atoms with Gasteiger partial charge in [-0.3, -0.25) is 4.79 Å². The van der Waals surface area contributed by atoms with Crippen molar-refractivity contribution in [3.8, 4) is 5.75 Å². The van der Waals surface area contributed by atoms with Crippen LogP contribution in [0.4, 0.5) is 0 Å². The highest BCUT2D eigenvalue weighted by Crippen LogP contribution is 2.63. The van der Waals surface area contributed by atoms with Gasteiger partial charge in [0.1, 0.15) is 5.75 Å². The van der Waals surface area contributed by atoms with Crippen molar-refractivity contribution in [2.45, 2.75) is 40.0 Å². The van der Waals surface area contributed by atoms with Crippen molar-refractivity contribution in [1.82, 2.24) is 5.43 Å². The monoisotopic (exact) mass is 358 g/mol. The molecule has 0 saturated heterocycles. The van der Waals surface area contributed by atoms with E-state index in [1.54, 1.807) is 12.1 Å². The number of ether oxygens (including phenoxy) is 2. The summed E-state index contributed by atoms with van der Waals surface area (Å²) in [6.07, 6.45) is 3.25. The Morgan fingerprint density at radius 1 is 1.19 bits per heavy atom. The topological polar surface area (TPSA) is 77.0 Å². The molecule has 1 amide bonds. The highest BCUT2D eigenvalue weighted by atomic mass is 16.6. The van der Waals surface area contributed by atoms with Crippen LogP contribution in [0.1, 0.15) is 40.0 Å². The van der Waals surface area contributed by atoms with Gasteiger partial charge < -0.3 is 9.47 Å². The molecule has 2 unspecified atom stereocenters. The molecule has 0 aromatic heterocycles. The van der Waals surface area contributed by atoms with E-state index in [0.717, 1.165) is 18.6 Å². The second-order valence-electron chi connectivity index (χ2n) is 7.85. The van der Waals surface area contributed by atoms with Crippen LogP contribution in [0.25, 0.3) is 0 Å². The first-order valence-electron chi connectivity index (χ1n) is 9.02. The Balaban J connectivity index is 1.43. The normalized spacial score (nSPS) is 27.3. The molecule has 1 N–H and O–H groups in total. The zero-order valence-electron chi connectivity index (χ0n) is 15.6. The molecular weight excluding hydrogens is 332 g/mol. The Bertz CT molecular complexity index is 714. The van der Waals surface area contributed by atoms with Crippen molar-refractivity contribution in [2.24, 2.45) is 21.8 Å². The summed E-state index contributed by atoms with van der Waals surface area (Å²) in [5, 5.41) is 4.34. The number of amides is 1. The second-order valence-corrected chi connectivity index (χ2v) is 7.85. The fourth-order valence-corrected chi connectivity index (χ4v) is 4.11. The summed E-state index contributed by atoms with van der Waals surface area (Å²) in [6, 6.07) is 8.96. The summed E-state index contributed by atoms with van der Waals surface area (Å²) < 4.78 is 10.2. The molecule has 2 atom stereocenters. The van der Waals surface area contributed by atoms with E-state index in [1.807, 2.05) is 18.2 Å².